The molecule has 1 aliphatic rings. The summed E-state index contributed by atoms with van der Waals surface area (Å²) in [5.41, 5.74) is 0.521. The van der Waals surface area contributed by atoms with Gasteiger partial charge in [0.05, 0.1) is 24.9 Å². The zero-order valence-corrected chi connectivity index (χ0v) is 12.3. The van der Waals surface area contributed by atoms with Gasteiger partial charge in [0.15, 0.2) is 0 Å². The Hall–Kier alpha value is -1.46. The molecule has 2 rings (SSSR count). The van der Waals surface area contributed by atoms with Crippen LogP contribution >= 0.6 is 11.6 Å². The van der Waals surface area contributed by atoms with Gasteiger partial charge in [0.25, 0.3) is 5.91 Å². The number of carbonyl (C=O) groups excluding carboxylic acids is 1. The molecule has 6 heteroatoms. The van der Waals surface area contributed by atoms with E-state index in [1.807, 2.05) is 0 Å². The van der Waals surface area contributed by atoms with Gasteiger partial charge in [0.1, 0.15) is 17.6 Å². The molecule has 1 N–H and O–H groups in total. The highest BCUT2D eigenvalue weighted by Gasteiger charge is 2.23. The molecule has 1 atom stereocenters. The van der Waals surface area contributed by atoms with Gasteiger partial charge < -0.3 is 19.5 Å². The monoisotopic (exact) mass is 299 g/mol. The highest BCUT2D eigenvalue weighted by atomic mass is 35.5. The van der Waals surface area contributed by atoms with E-state index in [-0.39, 0.29) is 5.91 Å². The summed E-state index contributed by atoms with van der Waals surface area (Å²) in [6.45, 7) is 0.624. The van der Waals surface area contributed by atoms with Crippen LogP contribution in [-0.2, 0) is 9.53 Å². The summed E-state index contributed by atoms with van der Waals surface area (Å²) in [5, 5.41) is 3.23. The Morgan fingerprint density at radius 1 is 1.30 bits per heavy atom. The first-order valence-electron chi connectivity index (χ1n) is 6.49. The zero-order chi connectivity index (χ0) is 14.5. The van der Waals surface area contributed by atoms with Crippen LogP contribution in [0.5, 0.6) is 11.5 Å². The maximum Gasteiger partial charge on any atom is 0.253 e. The molecule has 0 spiro atoms. The summed E-state index contributed by atoms with van der Waals surface area (Å²) in [6.07, 6.45) is 2.33. The number of anilines is 1. The van der Waals surface area contributed by atoms with Crippen molar-refractivity contribution in [1.29, 1.82) is 0 Å². The topological polar surface area (TPSA) is 56.8 Å². The molecule has 1 aromatic rings. The fourth-order valence-corrected chi connectivity index (χ4v) is 2.35. The van der Waals surface area contributed by atoms with E-state index >= 15 is 0 Å². The number of hydrogen-bond donors (Lipinski definition) is 1. The van der Waals surface area contributed by atoms with Crippen molar-refractivity contribution >= 4 is 23.2 Å². The van der Waals surface area contributed by atoms with Crippen LogP contribution in [0, 0.1) is 0 Å². The van der Waals surface area contributed by atoms with Gasteiger partial charge in [0.2, 0.25) is 0 Å². The molecule has 0 radical (unpaired) electrons. The van der Waals surface area contributed by atoms with Crippen LogP contribution in [0.15, 0.2) is 12.1 Å². The minimum absolute atomic E-state index is 0.174. The van der Waals surface area contributed by atoms with Crippen LogP contribution in [0.2, 0.25) is 5.02 Å². The van der Waals surface area contributed by atoms with Gasteiger partial charge in [-0.25, -0.2) is 0 Å². The number of ether oxygens (including phenoxy) is 3. The predicted octanol–water partition coefficient (Wildman–Crippen LogP) is 2.86. The van der Waals surface area contributed by atoms with Crippen molar-refractivity contribution in [2.24, 2.45) is 0 Å². The summed E-state index contributed by atoms with van der Waals surface area (Å²) in [4.78, 5) is 12.2. The maximum atomic E-state index is 12.2. The molecular formula is C14H18ClNO4. The van der Waals surface area contributed by atoms with Crippen molar-refractivity contribution in [3.8, 4) is 11.5 Å². The van der Waals surface area contributed by atoms with Gasteiger partial charge in [-0.1, -0.05) is 11.6 Å². The number of methoxy groups -OCH3 is 2. The Labute approximate surface area is 123 Å². The number of rotatable bonds is 4. The lowest BCUT2D eigenvalue weighted by Gasteiger charge is -2.22. The first kappa shape index (κ1) is 14.9. The first-order valence-corrected chi connectivity index (χ1v) is 6.87. The van der Waals surface area contributed by atoms with Gasteiger partial charge >= 0.3 is 0 Å². The van der Waals surface area contributed by atoms with E-state index in [9.17, 15) is 4.79 Å². The summed E-state index contributed by atoms with van der Waals surface area (Å²) in [6, 6.07) is 3.25. The molecule has 1 unspecified atom stereocenters. The van der Waals surface area contributed by atoms with Crippen molar-refractivity contribution in [3.05, 3.63) is 17.2 Å². The molecule has 110 valence electrons. The van der Waals surface area contributed by atoms with Gasteiger partial charge in [0, 0.05) is 18.7 Å². The van der Waals surface area contributed by atoms with Gasteiger partial charge in [-0.05, 0) is 19.3 Å². The quantitative estimate of drug-likeness (QED) is 0.929. The van der Waals surface area contributed by atoms with E-state index in [0.29, 0.717) is 28.8 Å². The van der Waals surface area contributed by atoms with E-state index < -0.39 is 6.10 Å². The van der Waals surface area contributed by atoms with Crippen molar-refractivity contribution in [2.45, 2.75) is 25.4 Å². The van der Waals surface area contributed by atoms with E-state index in [1.165, 1.54) is 14.2 Å². The summed E-state index contributed by atoms with van der Waals surface area (Å²) >= 11 is 6.02. The first-order chi connectivity index (χ1) is 9.65. The van der Waals surface area contributed by atoms with Gasteiger partial charge in [-0.2, -0.15) is 0 Å². The average molecular weight is 300 g/mol. The third kappa shape index (κ3) is 3.35. The average Bonchev–Trinajstić information content (AvgIpc) is 2.49. The second kappa shape index (κ2) is 6.81. The van der Waals surface area contributed by atoms with Crippen LogP contribution < -0.4 is 14.8 Å². The lowest BCUT2D eigenvalue weighted by atomic mass is 10.1. The van der Waals surface area contributed by atoms with Crippen LogP contribution in [0.1, 0.15) is 19.3 Å². The Kier molecular flexibility index (Phi) is 5.09. The normalized spacial score (nSPS) is 18.4. The van der Waals surface area contributed by atoms with Gasteiger partial charge in [-0.3, -0.25) is 4.79 Å². The Balaban J connectivity index is 2.16. The molecule has 0 aliphatic carbocycles. The second-order valence-corrected chi connectivity index (χ2v) is 4.94. The van der Waals surface area contributed by atoms with Gasteiger partial charge in [-0.15, -0.1) is 0 Å². The minimum Gasteiger partial charge on any atom is -0.495 e. The lowest BCUT2D eigenvalue weighted by molar-refractivity contribution is -0.129. The predicted molar refractivity (Wildman–Crippen MR) is 76.8 cm³/mol. The summed E-state index contributed by atoms with van der Waals surface area (Å²) < 4.78 is 15.8. The number of halogens is 1. The van der Waals surface area contributed by atoms with Crippen molar-refractivity contribution in [1.82, 2.24) is 0 Å². The number of hydrogen-bond acceptors (Lipinski definition) is 4. The molecule has 0 bridgehead atoms. The van der Waals surface area contributed by atoms with Crippen LogP contribution in [-0.4, -0.2) is 32.8 Å². The molecule has 1 saturated heterocycles. The van der Waals surface area contributed by atoms with Crippen LogP contribution in [0.3, 0.4) is 0 Å². The Bertz CT molecular complexity index is 486. The number of amides is 1. The molecule has 1 aliphatic heterocycles. The maximum absolute atomic E-state index is 12.2. The SMILES string of the molecule is COc1cc(NC(=O)C2CCCCO2)c(OC)cc1Cl. The van der Waals surface area contributed by atoms with Crippen LogP contribution in [0.25, 0.3) is 0 Å². The fraction of sp³-hybridized carbons (Fsp3) is 0.500. The number of carbonyl (C=O) groups is 1. The van der Waals surface area contributed by atoms with E-state index in [1.54, 1.807) is 12.1 Å². The Morgan fingerprint density at radius 2 is 2.05 bits per heavy atom. The third-order valence-electron chi connectivity index (χ3n) is 3.20. The number of benzene rings is 1. The summed E-state index contributed by atoms with van der Waals surface area (Å²) in [5.74, 6) is 0.791. The molecule has 20 heavy (non-hydrogen) atoms. The van der Waals surface area contributed by atoms with E-state index in [0.717, 1.165) is 19.3 Å². The van der Waals surface area contributed by atoms with E-state index in [4.69, 9.17) is 25.8 Å². The molecule has 1 heterocycles. The fourth-order valence-electron chi connectivity index (χ4n) is 2.12. The highest BCUT2D eigenvalue weighted by molar-refractivity contribution is 6.32. The standard InChI is InChI=1S/C14H18ClNO4/c1-18-12-8-10(13(19-2)7-9(12)15)16-14(17)11-5-3-4-6-20-11/h7-8,11H,3-6H2,1-2H3,(H,16,17). The second-order valence-electron chi connectivity index (χ2n) is 4.53. The molecule has 1 fully saturated rings. The lowest BCUT2D eigenvalue weighted by Crippen LogP contribution is -2.33. The molecule has 5 nitrogen and oxygen atoms in total. The zero-order valence-electron chi connectivity index (χ0n) is 11.6. The smallest absolute Gasteiger partial charge is 0.253 e. The van der Waals surface area contributed by atoms with Crippen molar-refractivity contribution < 1.29 is 19.0 Å². The minimum atomic E-state index is -0.407. The molecule has 0 aromatic heterocycles. The molecule has 1 aromatic carbocycles. The largest absolute Gasteiger partial charge is 0.495 e. The molecule has 1 amide bonds. The van der Waals surface area contributed by atoms with Crippen molar-refractivity contribution in [3.63, 3.8) is 0 Å². The van der Waals surface area contributed by atoms with E-state index in [2.05, 4.69) is 5.32 Å². The third-order valence-corrected chi connectivity index (χ3v) is 3.50. The molecular weight excluding hydrogens is 282 g/mol. The highest BCUT2D eigenvalue weighted by Crippen LogP contribution is 2.36. The van der Waals surface area contributed by atoms with Crippen LogP contribution in [0.4, 0.5) is 5.69 Å². The molecule has 0 saturated carbocycles. The number of nitrogens with one attached hydrogen (secondary N) is 1. The summed E-state index contributed by atoms with van der Waals surface area (Å²) in [7, 11) is 3.04. The Morgan fingerprint density at radius 3 is 2.65 bits per heavy atom. The van der Waals surface area contributed by atoms with Crippen molar-refractivity contribution in [2.75, 3.05) is 26.1 Å².